The number of halogens is 1. The molecule has 3 heterocycles. The number of rotatable bonds is 3. The number of hydrogen-bond acceptors (Lipinski definition) is 4. The third kappa shape index (κ3) is 2.42. The summed E-state index contributed by atoms with van der Waals surface area (Å²) in [6, 6.07) is 3.91. The molecule has 17 heavy (non-hydrogen) atoms. The smallest absolute Gasteiger partial charge is 0.243 e. The van der Waals surface area contributed by atoms with E-state index in [4.69, 9.17) is 0 Å². The van der Waals surface area contributed by atoms with Gasteiger partial charge in [-0.3, -0.25) is 0 Å². The van der Waals surface area contributed by atoms with Crippen molar-refractivity contribution in [2.24, 2.45) is 5.92 Å². The number of hydrogen-bond donors (Lipinski definition) is 2. The van der Waals surface area contributed by atoms with E-state index < -0.39 is 0 Å². The number of pyridine rings is 1. The Morgan fingerprint density at radius 2 is 2.47 bits per heavy atom. The Balaban J connectivity index is 1.72. The Bertz CT molecular complexity index is 518. The lowest BCUT2D eigenvalue weighted by Gasteiger charge is -2.07. The van der Waals surface area contributed by atoms with Gasteiger partial charge in [0.15, 0.2) is 5.65 Å². The largest absolute Gasteiger partial charge is 0.353 e. The predicted octanol–water partition coefficient (Wildman–Crippen LogP) is 1.51. The highest BCUT2D eigenvalue weighted by Gasteiger charge is 2.14. The van der Waals surface area contributed by atoms with E-state index in [1.54, 1.807) is 4.52 Å². The van der Waals surface area contributed by atoms with Crippen LogP contribution in [0.4, 0.5) is 5.95 Å². The van der Waals surface area contributed by atoms with Gasteiger partial charge in [-0.25, -0.2) is 4.52 Å². The molecule has 6 heteroatoms. The number of nitrogens with zero attached hydrogens (tertiary/aromatic N) is 3. The van der Waals surface area contributed by atoms with Gasteiger partial charge in [0, 0.05) is 17.2 Å². The number of nitrogens with one attached hydrogen (secondary N) is 2. The summed E-state index contributed by atoms with van der Waals surface area (Å²) in [7, 11) is 0. The molecule has 1 fully saturated rings. The van der Waals surface area contributed by atoms with Gasteiger partial charge in [0.05, 0.1) is 0 Å². The van der Waals surface area contributed by atoms with Crippen molar-refractivity contribution in [3.8, 4) is 0 Å². The summed E-state index contributed by atoms with van der Waals surface area (Å²) >= 11 is 3.42. The van der Waals surface area contributed by atoms with E-state index in [9.17, 15) is 0 Å². The van der Waals surface area contributed by atoms with Crippen LogP contribution in [0.5, 0.6) is 0 Å². The van der Waals surface area contributed by atoms with Gasteiger partial charge in [-0.15, -0.1) is 5.10 Å². The van der Waals surface area contributed by atoms with Crippen LogP contribution in [-0.2, 0) is 0 Å². The summed E-state index contributed by atoms with van der Waals surface area (Å²) in [5.74, 6) is 1.39. The number of fused-ring (bicyclic) bond motifs is 1. The van der Waals surface area contributed by atoms with E-state index in [0.717, 1.165) is 29.8 Å². The van der Waals surface area contributed by atoms with Gasteiger partial charge >= 0.3 is 0 Å². The highest BCUT2D eigenvalue weighted by Crippen LogP contribution is 2.13. The standard InChI is InChI=1S/C11H14BrN5/c12-9-1-2-10-15-11(16-17(10)7-9)14-6-8-3-4-13-5-8/h1-2,7-8,13H,3-6H2,(H,14,16). The third-order valence-electron chi connectivity index (χ3n) is 3.01. The van der Waals surface area contributed by atoms with E-state index in [2.05, 4.69) is 36.6 Å². The van der Waals surface area contributed by atoms with Crippen LogP contribution in [0, 0.1) is 5.92 Å². The van der Waals surface area contributed by atoms with E-state index >= 15 is 0 Å². The molecule has 1 aliphatic rings. The van der Waals surface area contributed by atoms with Gasteiger partial charge in [0.25, 0.3) is 0 Å². The average Bonchev–Trinajstić information content (AvgIpc) is 2.94. The lowest BCUT2D eigenvalue weighted by molar-refractivity contribution is 0.613. The lowest BCUT2D eigenvalue weighted by atomic mass is 10.1. The molecule has 1 aliphatic heterocycles. The Morgan fingerprint density at radius 1 is 1.53 bits per heavy atom. The minimum atomic E-state index is 0.688. The van der Waals surface area contributed by atoms with Crippen molar-refractivity contribution in [1.29, 1.82) is 0 Å². The quantitative estimate of drug-likeness (QED) is 0.901. The third-order valence-corrected chi connectivity index (χ3v) is 3.48. The van der Waals surface area contributed by atoms with Crippen LogP contribution in [-0.4, -0.2) is 34.2 Å². The molecule has 0 bridgehead atoms. The topological polar surface area (TPSA) is 54.2 Å². The fraction of sp³-hybridized carbons (Fsp3) is 0.455. The Morgan fingerprint density at radius 3 is 3.29 bits per heavy atom. The second kappa shape index (κ2) is 4.62. The van der Waals surface area contributed by atoms with Crippen LogP contribution in [0.3, 0.4) is 0 Å². The zero-order chi connectivity index (χ0) is 11.7. The van der Waals surface area contributed by atoms with Crippen LogP contribution in [0.2, 0.25) is 0 Å². The first-order valence-corrected chi connectivity index (χ1v) is 6.57. The molecule has 0 aromatic carbocycles. The van der Waals surface area contributed by atoms with E-state index in [1.807, 2.05) is 18.3 Å². The Hall–Kier alpha value is -1.14. The van der Waals surface area contributed by atoms with Gasteiger partial charge in [-0.1, -0.05) is 0 Å². The van der Waals surface area contributed by atoms with Crippen LogP contribution in [0.1, 0.15) is 6.42 Å². The molecule has 0 aliphatic carbocycles. The molecule has 2 N–H and O–H groups in total. The monoisotopic (exact) mass is 295 g/mol. The molecule has 2 aromatic rings. The minimum absolute atomic E-state index is 0.688. The maximum Gasteiger partial charge on any atom is 0.243 e. The average molecular weight is 296 g/mol. The highest BCUT2D eigenvalue weighted by molar-refractivity contribution is 9.10. The maximum atomic E-state index is 4.41. The zero-order valence-electron chi connectivity index (χ0n) is 9.36. The van der Waals surface area contributed by atoms with Gasteiger partial charge in [0.1, 0.15) is 0 Å². The summed E-state index contributed by atoms with van der Waals surface area (Å²) < 4.78 is 2.78. The molecule has 90 valence electrons. The highest BCUT2D eigenvalue weighted by atomic mass is 79.9. The first-order chi connectivity index (χ1) is 8.31. The van der Waals surface area contributed by atoms with Crippen molar-refractivity contribution in [3.63, 3.8) is 0 Å². The maximum absolute atomic E-state index is 4.41. The summed E-state index contributed by atoms with van der Waals surface area (Å²) in [4.78, 5) is 4.41. The summed E-state index contributed by atoms with van der Waals surface area (Å²) in [6.45, 7) is 3.15. The molecule has 0 saturated carbocycles. The predicted molar refractivity (Wildman–Crippen MR) is 70.2 cm³/mol. The van der Waals surface area contributed by atoms with Crippen molar-refractivity contribution in [1.82, 2.24) is 19.9 Å². The first-order valence-electron chi connectivity index (χ1n) is 5.78. The van der Waals surface area contributed by atoms with Crippen molar-refractivity contribution in [2.45, 2.75) is 6.42 Å². The van der Waals surface area contributed by atoms with Crippen LogP contribution >= 0.6 is 15.9 Å². The van der Waals surface area contributed by atoms with Gasteiger partial charge in [0.2, 0.25) is 5.95 Å². The molecule has 0 spiro atoms. The Labute approximate surface area is 108 Å². The lowest BCUT2D eigenvalue weighted by Crippen LogP contribution is -2.17. The van der Waals surface area contributed by atoms with E-state index in [0.29, 0.717) is 11.9 Å². The van der Waals surface area contributed by atoms with E-state index in [1.165, 1.54) is 6.42 Å². The molecule has 3 rings (SSSR count). The minimum Gasteiger partial charge on any atom is -0.353 e. The molecule has 2 aromatic heterocycles. The molecule has 1 unspecified atom stereocenters. The molecule has 0 amide bonds. The second-order valence-corrected chi connectivity index (χ2v) is 5.24. The normalized spacial score (nSPS) is 19.9. The number of anilines is 1. The zero-order valence-corrected chi connectivity index (χ0v) is 10.9. The van der Waals surface area contributed by atoms with Crippen molar-refractivity contribution >= 4 is 27.5 Å². The number of aromatic nitrogens is 3. The molecule has 1 saturated heterocycles. The fourth-order valence-electron chi connectivity index (χ4n) is 2.06. The summed E-state index contributed by atoms with van der Waals surface area (Å²) in [6.07, 6.45) is 3.14. The summed E-state index contributed by atoms with van der Waals surface area (Å²) in [5, 5.41) is 11.0. The second-order valence-electron chi connectivity index (χ2n) is 4.33. The van der Waals surface area contributed by atoms with Crippen LogP contribution in [0.25, 0.3) is 5.65 Å². The van der Waals surface area contributed by atoms with Crippen molar-refractivity contribution < 1.29 is 0 Å². The molecular formula is C11H14BrN5. The molecular weight excluding hydrogens is 282 g/mol. The van der Waals surface area contributed by atoms with Gasteiger partial charge in [-0.2, -0.15) is 4.98 Å². The van der Waals surface area contributed by atoms with Crippen LogP contribution < -0.4 is 10.6 Å². The van der Waals surface area contributed by atoms with Gasteiger partial charge < -0.3 is 10.6 Å². The molecule has 0 radical (unpaired) electrons. The SMILES string of the molecule is Brc1ccc2nc(NCC3CCNC3)nn2c1. The summed E-state index contributed by atoms with van der Waals surface area (Å²) in [5.41, 5.74) is 0.861. The van der Waals surface area contributed by atoms with Gasteiger partial charge in [-0.05, 0) is 53.5 Å². The molecule has 1 atom stereocenters. The molecule has 5 nitrogen and oxygen atoms in total. The fourth-order valence-corrected chi connectivity index (χ4v) is 2.38. The Kier molecular flexibility index (Phi) is 2.98. The van der Waals surface area contributed by atoms with Crippen molar-refractivity contribution in [2.75, 3.05) is 25.0 Å². The first kappa shape index (κ1) is 11.0. The van der Waals surface area contributed by atoms with E-state index in [-0.39, 0.29) is 0 Å². The van der Waals surface area contributed by atoms with Crippen LogP contribution in [0.15, 0.2) is 22.8 Å². The van der Waals surface area contributed by atoms with Crippen molar-refractivity contribution in [3.05, 3.63) is 22.8 Å².